The topological polar surface area (TPSA) is 77.2 Å². The van der Waals surface area contributed by atoms with Gasteiger partial charge in [-0.3, -0.25) is 4.90 Å². The number of ether oxygens (including phenoxy) is 1. The minimum absolute atomic E-state index is 0.0616. The number of nitrogens with two attached hydrogens (primary N) is 1. The Morgan fingerprint density at radius 2 is 2.10 bits per heavy atom. The van der Waals surface area contributed by atoms with Crippen LogP contribution in [0.1, 0.15) is 45.5 Å². The third-order valence-electron chi connectivity index (χ3n) is 3.79. The van der Waals surface area contributed by atoms with Crippen molar-refractivity contribution in [3.05, 3.63) is 11.1 Å². The van der Waals surface area contributed by atoms with Gasteiger partial charge in [-0.25, -0.2) is 4.98 Å². The Balaban J connectivity index is 1.88. The van der Waals surface area contributed by atoms with E-state index >= 15 is 0 Å². The van der Waals surface area contributed by atoms with Crippen LogP contribution in [0.25, 0.3) is 0 Å². The van der Waals surface area contributed by atoms with Gasteiger partial charge in [-0.05, 0) is 37.3 Å². The molecule has 0 unspecified atom stereocenters. The highest BCUT2D eigenvalue weighted by molar-refractivity contribution is 6.28. The van der Waals surface area contributed by atoms with Crippen molar-refractivity contribution >= 4 is 17.5 Å². The standard InChI is InChI=1S/C14H24ClN5O/c1-9(2)5-7-21-11-4-6-20(8-11)10(3)12-17-13(15)19-14(16)18-12/h9-11H,4-8H2,1-3H3,(H2,16,17,18,19)/t10-,11+/m1/s1. The van der Waals surface area contributed by atoms with E-state index in [9.17, 15) is 0 Å². The van der Waals surface area contributed by atoms with E-state index in [1.165, 1.54) is 0 Å². The molecule has 0 radical (unpaired) electrons. The van der Waals surface area contributed by atoms with Gasteiger partial charge in [0.1, 0.15) is 0 Å². The lowest BCUT2D eigenvalue weighted by Crippen LogP contribution is -2.28. The van der Waals surface area contributed by atoms with E-state index in [-0.39, 0.29) is 17.3 Å². The molecule has 1 aromatic heterocycles. The summed E-state index contributed by atoms with van der Waals surface area (Å²) in [6.07, 6.45) is 2.43. The summed E-state index contributed by atoms with van der Waals surface area (Å²) in [5, 5.41) is 0.147. The molecule has 1 aliphatic heterocycles. The van der Waals surface area contributed by atoms with E-state index in [2.05, 4.69) is 40.6 Å². The molecule has 0 aliphatic carbocycles. The highest BCUT2D eigenvalue weighted by atomic mass is 35.5. The summed E-state index contributed by atoms with van der Waals surface area (Å²) in [4.78, 5) is 14.4. The molecule has 21 heavy (non-hydrogen) atoms. The smallest absolute Gasteiger partial charge is 0.227 e. The van der Waals surface area contributed by atoms with Gasteiger partial charge in [0.25, 0.3) is 0 Å². The van der Waals surface area contributed by atoms with E-state index < -0.39 is 0 Å². The summed E-state index contributed by atoms with van der Waals surface area (Å²) >= 11 is 5.84. The lowest BCUT2D eigenvalue weighted by molar-refractivity contribution is 0.0490. The Morgan fingerprint density at radius 1 is 1.33 bits per heavy atom. The summed E-state index contributed by atoms with van der Waals surface area (Å²) in [7, 11) is 0. The van der Waals surface area contributed by atoms with E-state index in [0.29, 0.717) is 17.8 Å². The largest absolute Gasteiger partial charge is 0.377 e. The number of hydrogen-bond acceptors (Lipinski definition) is 6. The van der Waals surface area contributed by atoms with Gasteiger partial charge in [0.2, 0.25) is 11.2 Å². The second kappa shape index (κ2) is 7.33. The Morgan fingerprint density at radius 3 is 2.76 bits per heavy atom. The summed E-state index contributed by atoms with van der Waals surface area (Å²) in [5.74, 6) is 1.47. The number of aromatic nitrogens is 3. The average molecular weight is 314 g/mol. The second-order valence-electron chi connectivity index (χ2n) is 5.96. The fraction of sp³-hybridized carbons (Fsp3) is 0.786. The van der Waals surface area contributed by atoms with Crippen LogP contribution < -0.4 is 5.73 Å². The lowest BCUT2D eigenvalue weighted by atomic mass is 10.1. The van der Waals surface area contributed by atoms with Crippen molar-refractivity contribution in [2.45, 2.75) is 45.8 Å². The van der Waals surface area contributed by atoms with Gasteiger partial charge in [-0.15, -0.1) is 0 Å². The van der Waals surface area contributed by atoms with Crippen LogP contribution in [0, 0.1) is 5.92 Å². The molecule has 0 spiro atoms. The van der Waals surface area contributed by atoms with Gasteiger partial charge >= 0.3 is 0 Å². The Hall–Kier alpha value is -0.980. The Kier molecular flexibility index (Phi) is 5.72. The maximum absolute atomic E-state index is 5.93. The molecule has 7 heteroatoms. The predicted octanol–water partition coefficient (Wildman–Crippen LogP) is 2.31. The van der Waals surface area contributed by atoms with Gasteiger partial charge in [0, 0.05) is 19.7 Å². The molecule has 0 amide bonds. The van der Waals surface area contributed by atoms with Gasteiger partial charge in [0.15, 0.2) is 5.82 Å². The van der Waals surface area contributed by atoms with Crippen molar-refractivity contribution in [2.75, 3.05) is 25.4 Å². The van der Waals surface area contributed by atoms with Crippen LogP contribution in [0.2, 0.25) is 5.28 Å². The number of likely N-dealkylation sites (tertiary alicyclic amines) is 1. The molecule has 2 rings (SSSR count). The molecular weight excluding hydrogens is 290 g/mol. The zero-order valence-electron chi connectivity index (χ0n) is 12.9. The first-order valence-electron chi connectivity index (χ1n) is 7.48. The number of nitrogens with zero attached hydrogens (tertiary/aromatic N) is 4. The van der Waals surface area contributed by atoms with E-state index in [0.717, 1.165) is 32.5 Å². The Bertz CT molecular complexity index is 450. The number of nitrogen functional groups attached to an aromatic ring is 1. The maximum atomic E-state index is 5.93. The van der Waals surface area contributed by atoms with Crippen molar-refractivity contribution in [1.82, 2.24) is 19.9 Å². The lowest BCUT2D eigenvalue weighted by Gasteiger charge is -2.23. The van der Waals surface area contributed by atoms with Crippen molar-refractivity contribution in [2.24, 2.45) is 5.92 Å². The highest BCUT2D eigenvalue weighted by Crippen LogP contribution is 2.24. The maximum Gasteiger partial charge on any atom is 0.227 e. The molecule has 1 fully saturated rings. The van der Waals surface area contributed by atoms with Crippen LogP contribution in [-0.4, -0.2) is 45.7 Å². The van der Waals surface area contributed by atoms with E-state index in [1.54, 1.807) is 0 Å². The molecule has 6 nitrogen and oxygen atoms in total. The van der Waals surface area contributed by atoms with Crippen molar-refractivity contribution in [3.63, 3.8) is 0 Å². The molecule has 0 bridgehead atoms. The van der Waals surface area contributed by atoms with Gasteiger partial charge in [-0.1, -0.05) is 13.8 Å². The fourth-order valence-electron chi connectivity index (χ4n) is 2.44. The molecule has 1 saturated heterocycles. The zero-order chi connectivity index (χ0) is 15.4. The van der Waals surface area contributed by atoms with E-state index in [1.807, 2.05) is 0 Å². The highest BCUT2D eigenvalue weighted by Gasteiger charge is 2.29. The van der Waals surface area contributed by atoms with Gasteiger partial charge in [-0.2, -0.15) is 9.97 Å². The quantitative estimate of drug-likeness (QED) is 0.868. The number of rotatable bonds is 6. The summed E-state index contributed by atoms with van der Waals surface area (Å²) in [5.41, 5.74) is 5.63. The fourth-order valence-corrected chi connectivity index (χ4v) is 2.62. The minimum Gasteiger partial charge on any atom is -0.377 e. The van der Waals surface area contributed by atoms with Crippen LogP contribution in [0.3, 0.4) is 0 Å². The molecule has 0 aromatic carbocycles. The minimum atomic E-state index is 0.0616. The molecular formula is C14H24ClN5O. The van der Waals surface area contributed by atoms with Crippen LogP contribution in [0.15, 0.2) is 0 Å². The summed E-state index contributed by atoms with van der Waals surface area (Å²) in [6, 6.07) is 0.0616. The van der Waals surface area contributed by atoms with E-state index in [4.69, 9.17) is 22.1 Å². The second-order valence-corrected chi connectivity index (χ2v) is 6.29. The monoisotopic (exact) mass is 313 g/mol. The normalized spacial score (nSPS) is 21.1. The molecule has 1 aliphatic rings. The SMILES string of the molecule is CC(C)CCO[C@H]1CCN([C@H](C)c2nc(N)nc(Cl)n2)C1. The third kappa shape index (κ3) is 4.76. The summed E-state index contributed by atoms with van der Waals surface area (Å²) in [6.45, 7) is 9.17. The first-order chi connectivity index (χ1) is 9.95. The first-order valence-corrected chi connectivity index (χ1v) is 7.86. The molecule has 2 N–H and O–H groups in total. The molecule has 1 aromatic rings. The van der Waals surface area contributed by atoms with Crippen LogP contribution in [-0.2, 0) is 4.74 Å². The number of hydrogen-bond donors (Lipinski definition) is 1. The molecule has 2 atom stereocenters. The van der Waals surface area contributed by atoms with Crippen LogP contribution in [0.4, 0.5) is 5.95 Å². The van der Waals surface area contributed by atoms with Crippen molar-refractivity contribution in [3.8, 4) is 0 Å². The summed E-state index contributed by atoms with van der Waals surface area (Å²) < 4.78 is 5.93. The van der Waals surface area contributed by atoms with Gasteiger partial charge < -0.3 is 10.5 Å². The zero-order valence-corrected chi connectivity index (χ0v) is 13.7. The number of anilines is 1. The molecule has 118 valence electrons. The average Bonchev–Trinajstić information content (AvgIpc) is 2.85. The Labute approximate surface area is 131 Å². The van der Waals surface area contributed by atoms with Crippen molar-refractivity contribution < 1.29 is 4.74 Å². The predicted molar refractivity (Wildman–Crippen MR) is 83.0 cm³/mol. The van der Waals surface area contributed by atoms with Crippen LogP contribution >= 0.6 is 11.6 Å². The molecule has 0 saturated carbocycles. The van der Waals surface area contributed by atoms with Gasteiger partial charge in [0.05, 0.1) is 12.1 Å². The first kappa shape index (κ1) is 16.4. The van der Waals surface area contributed by atoms with Crippen LogP contribution in [0.5, 0.6) is 0 Å². The third-order valence-corrected chi connectivity index (χ3v) is 3.96. The number of halogens is 1. The van der Waals surface area contributed by atoms with Crippen molar-refractivity contribution in [1.29, 1.82) is 0 Å². The molecule has 2 heterocycles.